The monoisotopic (exact) mass is 202 g/mol. The molecular weight excluding hydrogens is 188 g/mol. The normalized spacial score (nSPS) is 8.87. The molecule has 0 fully saturated rings. The first kappa shape index (κ1) is 11.3. The summed E-state index contributed by atoms with van der Waals surface area (Å²) < 4.78 is 4.49. The molecule has 0 aromatic heterocycles. The molecule has 0 aliphatic rings. The van der Waals surface area contributed by atoms with E-state index in [1.807, 2.05) is 24.3 Å². The zero-order valence-corrected chi connectivity index (χ0v) is 8.77. The molecule has 0 radical (unpaired) electrons. The number of methoxy groups -OCH3 is 1. The Kier molecular flexibility index (Phi) is 4.99. The maximum absolute atomic E-state index is 10.7. The van der Waals surface area contributed by atoms with Crippen molar-refractivity contribution in [1.82, 2.24) is 0 Å². The Labute approximate surface area is 89.9 Å². The first-order chi connectivity index (χ1) is 7.33. The van der Waals surface area contributed by atoms with Crippen LogP contribution in [0, 0.1) is 0 Å². The van der Waals surface area contributed by atoms with Crippen LogP contribution in [-0.4, -0.2) is 13.1 Å². The summed E-state index contributed by atoms with van der Waals surface area (Å²) in [6.45, 7) is 0. The zero-order valence-electron chi connectivity index (χ0n) is 8.77. The molecule has 0 saturated heterocycles. The summed E-state index contributed by atoms with van der Waals surface area (Å²) in [5, 5.41) is 0. The van der Waals surface area contributed by atoms with Gasteiger partial charge in [-0.25, -0.2) is 0 Å². The number of carbonyl (C=O) groups excluding carboxylic acids is 1. The zero-order chi connectivity index (χ0) is 10.9. The van der Waals surface area contributed by atoms with Crippen molar-refractivity contribution in [2.24, 2.45) is 0 Å². The van der Waals surface area contributed by atoms with Gasteiger partial charge >= 0.3 is 5.97 Å². The summed E-state index contributed by atoms with van der Waals surface area (Å²) in [4.78, 5) is 10.7. The molecule has 0 aliphatic carbocycles. The van der Waals surface area contributed by atoms with Crippen LogP contribution in [0.15, 0.2) is 48.2 Å². The minimum absolute atomic E-state index is 0.240. The molecule has 15 heavy (non-hydrogen) atoms. The lowest BCUT2D eigenvalue weighted by Gasteiger charge is -1.92. The van der Waals surface area contributed by atoms with E-state index >= 15 is 0 Å². The van der Waals surface area contributed by atoms with Gasteiger partial charge in [0.05, 0.1) is 13.5 Å². The van der Waals surface area contributed by atoms with Crippen molar-refractivity contribution in [3.8, 4) is 0 Å². The molecule has 78 valence electrons. The third-order valence-electron chi connectivity index (χ3n) is 1.91. The molecule has 0 atom stereocenters. The fourth-order valence-corrected chi connectivity index (χ4v) is 1.10. The molecule has 2 nitrogen and oxygen atoms in total. The Hall–Kier alpha value is -1.79. The van der Waals surface area contributed by atoms with E-state index in [0.717, 1.165) is 6.42 Å². The second-order valence-electron chi connectivity index (χ2n) is 3.04. The molecule has 0 bridgehead atoms. The van der Waals surface area contributed by atoms with Gasteiger partial charge in [-0.1, -0.05) is 30.3 Å². The van der Waals surface area contributed by atoms with Gasteiger partial charge in [0.25, 0.3) is 0 Å². The van der Waals surface area contributed by atoms with Crippen LogP contribution in [0.2, 0.25) is 0 Å². The van der Waals surface area contributed by atoms with E-state index in [1.54, 1.807) is 6.08 Å². The van der Waals surface area contributed by atoms with Crippen molar-refractivity contribution >= 4 is 5.97 Å². The van der Waals surface area contributed by atoms with Crippen molar-refractivity contribution in [3.63, 3.8) is 0 Å². The van der Waals surface area contributed by atoms with Crippen LogP contribution < -0.4 is 0 Å². The number of benzene rings is 1. The molecule has 1 aromatic carbocycles. The van der Waals surface area contributed by atoms with Gasteiger partial charge in [0, 0.05) is 0 Å². The van der Waals surface area contributed by atoms with Crippen LogP contribution in [-0.2, 0) is 16.0 Å². The molecule has 1 aromatic rings. The van der Waals surface area contributed by atoms with E-state index < -0.39 is 0 Å². The van der Waals surface area contributed by atoms with Gasteiger partial charge in [-0.05, 0) is 24.1 Å². The smallest absolute Gasteiger partial charge is 0.309 e. The number of carbonyl (C=O) groups is 1. The number of hydrogen-bond donors (Lipinski definition) is 0. The second kappa shape index (κ2) is 6.63. The van der Waals surface area contributed by atoms with Crippen molar-refractivity contribution in [2.75, 3.05) is 7.11 Å². The summed E-state index contributed by atoms with van der Waals surface area (Å²) in [6, 6.07) is 10.1. The molecule has 0 unspecified atom stereocenters. The van der Waals surface area contributed by atoms with Crippen LogP contribution in [0.4, 0.5) is 0 Å². The van der Waals surface area contributed by atoms with Crippen LogP contribution in [0.25, 0.3) is 0 Å². The molecule has 0 heterocycles. The average Bonchev–Trinajstić information content (AvgIpc) is 2.29. The minimum Gasteiger partial charge on any atom is -0.469 e. The number of esters is 1. The lowest BCUT2D eigenvalue weighted by molar-refractivity contribution is -0.139. The van der Waals surface area contributed by atoms with E-state index in [4.69, 9.17) is 0 Å². The Morgan fingerprint density at radius 1 is 1.33 bits per heavy atom. The van der Waals surface area contributed by atoms with Crippen LogP contribution in [0.1, 0.15) is 12.0 Å². The Morgan fingerprint density at radius 2 is 2.07 bits per heavy atom. The second-order valence-corrected chi connectivity index (χ2v) is 3.04. The molecule has 0 N–H and O–H groups in total. The van der Waals surface area contributed by atoms with Crippen molar-refractivity contribution in [3.05, 3.63) is 53.8 Å². The lowest BCUT2D eigenvalue weighted by Crippen LogP contribution is -1.96. The number of rotatable bonds is 4. The van der Waals surface area contributed by atoms with E-state index in [9.17, 15) is 4.79 Å². The van der Waals surface area contributed by atoms with Crippen molar-refractivity contribution in [2.45, 2.75) is 12.8 Å². The summed E-state index contributed by atoms with van der Waals surface area (Å²) in [5.74, 6) is -0.240. The van der Waals surface area contributed by atoms with Gasteiger partial charge in [-0.2, -0.15) is 0 Å². The SMILES string of the molecule is COC(=O)CC=C=CCc1ccccc1. The lowest BCUT2D eigenvalue weighted by atomic mass is 10.1. The van der Waals surface area contributed by atoms with E-state index in [0.29, 0.717) is 0 Å². The van der Waals surface area contributed by atoms with E-state index in [2.05, 4.69) is 22.6 Å². The van der Waals surface area contributed by atoms with Gasteiger partial charge in [-0.3, -0.25) is 4.79 Å². The summed E-state index contributed by atoms with van der Waals surface area (Å²) in [6.07, 6.45) is 4.69. The van der Waals surface area contributed by atoms with Gasteiger partial charge in [-0.15, -0.1) is 5.73 Å². The summed E-state index contributed by atoms with van der Waals surface area (Å²) in [7, 11) is 1.38. The first-order valence-corrected chi connectivity index (χ1v) is 4.83. The first-order valence-electron chi connectivity index (χ1n) is 4.83. The maximum atomic E-state index is 10.7. The number of ether oxygens (including phenoxy) is 1. The van der Waals surface area contributed by atoms with Gasteiger partial charge in [0.2, 0.25) is 0 Å². The van der Waals surface area contributed by atoms with Crippen LogP contribution in [0.3, 0.4) is 0 Å². The fourth-order valence-electron chi connectivity index (χ4n) is 1.10. The Balaban J connectivity index is 2.37. The van der Waals surface area contributed by atoms with Crippen LogP contribution in [0.5, 0.6) is 0 Å². The third kappa shape index (κ3) is 4.84. The molecular formula is C13H14O2. The highest BCUT2D eigenvalue weighted by atomic mass is 16.5. The molecule has 0 amide bonds. The fraction of sp³-hybridized carbons (Fsp3) is 0.231. The molecule has 0 spiro atoms. The van der Waals surface area contributed by atoms with Gasteiger partial charge in [0.1, 0.15) is 0 Å². The van der Waals surface area contributed by atoms with Gasteiger partial charge < -0.3 is 4.74 Å². The summed E-state index contributed by atoms with van der Waals surface area (Å²) >= 11 is 0. The average molecular weight is 202 g/mol. The van der Waals surface area contributed by atoms with Crippen molar-refractivity contribution < 1.29 is 9.53 Å². The minimum atomic E-state index is -0.240. The molecule has 0 saturated carbocycles. The maximum Gasteiger partial charge on any atom is 0.309 e. The predicted octanol–water partition coefficient (Wildman–Crippen LogP) is 2.50. The predicted molar refractivity (Wildman–Crippen MR) is 59.4 cm³/mol. The molecule has 2 heteroatoms. The highest BCUT2D eigenvalue weighted by Gasteiger charge is 1.92. The summed E-state index contributed by atoms with van der Waals surface area (Å²) in [5.41, 5.74) is 4.18. The molecule has 1 rings (SSSR count). The highest BCUT2D eigenvalue weighted by Crippen LogP contribution is 1.99. The highest BCUT2D eigenvalue weighted by molar-refractivity contribution is 5.70. The van der Waals surface area contributed by atoms with Crippen LogP contribution >= 0.6 is 0 Å². The largest absolute Gasteiger partial charge is 0.469 e. The van der Waals surface area contributed by atoms with Crippen molar-refractivity contribution in [1.29, 1.82) is 0 Å². The standard InChI is InChI=1S/C13H14O2/c1-15-13(14)11-7-3-6-10-12-8-4-2-5-9-12/h2,4-9H,10-11H2,1H3. The van der Waals surface area contributed by atoms with Gasteiger partial charge in [0.15, 0.2) is 0 Å². The topological polar surface area (TPSA) is 26.3 Å². The quantitative estimate of drug-likeness (QED) is 0.554. The third-order valence-corrected chi connectivity index (χ3v) is 1.91. The molecule has 0 aliphatic heterocycles. The number of hydrogen-bond acceptors (Lipinski definition) is 2. The Bertz CT molecular complexity index is 359. The Morgan fingerprint density at radius 3 is 2.73 bits per heavy atom. The van der Waals surface area contributed by atoms with E-state index in [-0.39, 0.29) is 12.4 Å². The van der Waals surface area contributed by atoms with E-state index in [1.165, 1.54) is 12.7 Å².